The first kappa shape index (κ1) is 14.4. The van der Waals surface area contributed by atoms with Crippen LogP contribution in [0.15, 0.2) is 27.8 Å². The molecule has 1 aromatic rings. The van der Waals surface area contributed by atoms with Gasteiger partial charge in [-0.3, -0.25) is 4.79 Å². The summed E-state index contributed by atoms with van der Waals surface area (Å²) < 4.78 is 14.1. The maximum absolute atomic E-state index is 13.5. The van der Waals surface area contributed by atoms with Crippen molar-refractivity contribution in [2.45, 2.75) is 19.4 Å². The van der Waals surface area contributed by atoms with E-state index < -0.39 is 17.8 Å². The van der Waals surface area contributed by atoms with Crippen molar-refractivity contribution < 1.29 is 14.4 Å². The molecule has 0 fully saturated rings. The monoisotopic (exact) mass is 317 g/mol. The lowest BCUT2D eigenvalue weighted by molar-refractivity contribution is 0.0941. The zero-order chi connectivity index (χ0) is 13.7. The topological polar surface area (TPSA) is 87.7 Å². The van der Waals surface area contributed by atoms with E-state index in [4.69, 9.17) is 10.9 Å². The Balaban J connectivity index is 2.88. The lowest BCUT2D eigenvalue weighted by Crippen LogP contribution is -2.44. The van der Waals surface area contributed by atoms with Crippen LogP contribution in [0.4, 0.5) is 4.39 Å². The van der Waals surface area contributed by atoms with Gasteiger partial charge in [-0.15, -0.1) is 0 Å². The van der Waals surface area contributed by atoms with Crippen LogP contribution in [0.25, 0.3) is 0 Å². The normalized spacial score (nSPS) is 13.2. The number of carbonyl (C=O) groups excluding carboxylic acids is 1. The molecule has 0 aliphatic carbocycles. The molecule has 5 nitrogen and oxygen atoms in total. The Morgan fingerprint density at radius 2 is 2.33 bits per heavy atom. The van der Waals surface area contributed by atoms with Crippen molar-refractivity contribution >= 4 is 27.7 Å². The summed E-state index contributed by atoms with van der Waals surface area (Å²) in [6, 6.07) is 3.47. The summed E-state index contributed by atoms with van der Waals surface area (Å²) in [6.07, 6.45) is 0.430. The van der Waals surface area contributed by atoms with Crippen molar-refractivity contribution in [1.29, 1.82) is 0 Å². The molecule has 0 saturated heterocycles. The maximum atomic E-state index is 13.5. The molecule has 0 aliphatic heterocycles. The molecular weight excluding hydrogens is 305 g/mol. The summed E-state index contributed by atoms with van der Waals surface area (Å²) in [4.78, 5) is 11.8. The molecule has 1 amide bonds. The standard InChI is InChI=1S/C11H13BrFN3O2/c1-2-9(10(14)16-18)15-11(17)7-4-3-6(12)5-8(7)13/h3-5,9,18H,2H2,1H3,(H2,14,16)(H,15,17). The van der Waals surface area contributed by atoms with Gasteiger partial charge in [0, 0.05) is 4.47 Å². The summed E-state index contributed by atoms with van der Waals surface area (Å²) in [5.41, 5.74) is 5.31. The van der Waals surface area contributed by atoms with Gasteiger partial charge in [0.1, 0.15) is 5.82 Å². The number of nitrogens with one attached hydrogen (secondary N) is 1. The fraction of sp³-hybridized carbons (Fsp3) is 0.273. The van der Waals surface area contributed by atoms with Gasteiger partial charge < -0.3 is 16.3 Å². The molecular formula is C11H13BrFN3O2. The fourth-order valence-electron chi connectivity index (χ4n) is 1.36. The van der Waals surface area contributed by atoms with Gasteiger partial charge in [0.05, 0.1) is 11.6 Å². The van der Waals surface area contributed by atoms with Gasteiger partial charge in [0.15, 0.2) is 5.84 Å². The number of hydrogen-bond donors (Lipinski definition) is 3. The Bertz CT molecular complexity index is 479. The van der Waals surface area contributed by atoms with Gasteiger partial charge in [0.2, 0.25) is 0 Å². The van der Waals surface area contributed by atoms with E-state index in [0.29, 0.717) is 10.9 Å². The molecule has 18 heavy (non-hydrogen) atoms. The Hall–Kier alpha value is -1.63. The van der Waals surface area contributed by atoms with E-state index in [9.17, 15) is 9.18 Å². The van der Waals surface area contributed by atoms with Gasteiger partial charge in [0.25, 0.3) is 5.91 Å². The molecule has 0 radical (unpaired) electrons. The highest BCUT2D eigenvalue weighted by Crippen LogP contribution is 2.15. The summed E-state index contributed by atoms with van der Waals surface area (Å²) in [5, 5.41) is 13.8. The second-order valence-corrected chi connectivity index (χ2v) is 4.50. The van der Waals surface area contributed by atoms with Gasteiger partial charge in [-0.1, -0.05) is 28.0 Å². The van der Waals surface area contributed by atoms with E-state index in [1.165, 1.54) is 12.1 Å². The molecule has 1 aromatic carbocycles. The summed E-state index contributed by atoms with van der Waals surface area (Å²) >= 11 is 3.10. The molecule has 0 saturated carbocycles. The predicted molar refractivity (Wildman–Crippen MR) is 69.1 cm³/mol. The van der Waals surface area contributed by atoms with E-state index in [1.807, 2.05) is 0 Å². The van der Waals surface area contributed by atoms with Crippen LogP contribution in [-0.2, 0) is 0 Å². The first-order valence-corrected chi connectivity index (χ1v) is 6.02. The van der Waals surface area contributed by atoms with Crippen LogP contribution in [0, 0.1) is 5.82 Å². The number of amidine groups is 1. The van der Waals surface area contributed by atoms with Gasteiger partial charge in [-0.2, -0.15) is 0 Å². The van der Waals surface area contributed by atoms with E-state index >= 15 is 0 Å². The smallest absolute Gasteiger partial charge is 0.254 e. The number of benzene rings is 1. The van der Waals surface area contributed by atoms with E-state index in [-0.39, 0.29) is 11.4 Å². The van der Waals surface area contributed by atoms with Crippen LogP contribution >= 0.6 is 15.9 Å². The molecule has 7 heteroatoms. The second kappa shape index (κ2) is 6.34. The number of rotatable bonds is 4. The van der Waals surface area contributed by atoms with E-state index in [1.54, 1.807) is 13.0 Å². The third-order valence-electron chi connectivity index (χ3n) is 2.36. The number of nitrogens with zero attached hydrogens (tertiary/aromatic N) is 1. The molecule has 1 atom stereocenters. The van der Waals surface area contributed by atoms with Gasteiger partial charge in [-0.25, -0.2) is 4.39 Å². The third-order valence-corrected chi connectivity index (χ3v) is 2.86. The maximum Gasteiger partial charge on any atom is 0.254 e. The minimum absolute atomic E-state index is 0.0950. The Morgan fingerprint density at radius 3 is 2.83 bits per heavy atom. The molecule has 0 bridgehead atoms. The zero-order valence-corrected chi connectivity index (χ0v) is 11.2. The van der Waals surface area contributed by atoms with Gasteiger partial charge in [-0.05, 0) is 24.6 Å². The third kappa shape index (κ3) is 3.43. The van der Waals surface area contributed by atoms with Crippen LogP contribution in [-0.4, -0.2) is 23.0 Å². The minimum atomic E-state index is -0.642. The van der Waals surface area contributed by atoms with E-state index in [0.717, 1.165) is 0 Å². The second-order valence-electron chi connectivity index (χ2n) is 3.58. The number of oxime groups is 1. The number of amides is 1. The average molecular weight is 318 g/mol. The van der Waals surface area contributed by atoms with E-state index in [2.05, 4.69) is 26.4 Å². The lowest BCUT2D eigenvalue weighted by Gasteiger charge is -2.15. The van der Waals surface area contributed by atoms with Crippen LogP contribution in [0.2, 0.25) is 0 Å². The number of halogens is 2. The first-order chi connectivity index (χ1) is 8.49. The molecule has 0 aliphatic rings. The van der Waals surface area contributed by atoms with Crippen molar-refractivity contribution in [3.05, 3.63) is 34.1 Å². The zero-order valence-electron chi connectivity index (χ0n) is 9.65. The first-order valence-electron chi connectivity index (χ1n) is 5.23. The van der Waals surface area contributed by atoms with Crippen molar-refractivity contribution in [1.82, 2.24) is 5.32 Å². The minimum Gasteiger partial charge on any atom is -0.409 e. The number of hydrogen-bond acceptors (Lipinski definition) is 3. The summed E-state index contributed by atoms with van der Waals surface area (Å²) in [7, 11) is 0. The molecule has 1 rings (SSSR count). The molecule has 98 valence electrons. The summed E-state index contributed by atoms with van der Waals surface area (Å²) in [6.45, 7) is 1.75. The fourth-order valence-corrected chi connectivity index (χ4v) is 1.70. The Labute approximate surface area is 112 Å². The lowest BCUT2D eigenvalue weighted by atomic mass is 10.1. The molecule has 0 spiro atoms. The van der Waals surface area contributed by atoms with Crippen LogP contribution in [0.5, 0.6) is 0 Å². The molecule has 4 N–H and O–H groups in total. The highest BCUT2D eigenvalue weighted by Gasteiger charge is 2.18. The van der Waals surface area contributed by atoms with Gasteiger partial charge >= 0.3 is 0 Å². The predicted octanol–water partition coefficient (Wildman–Crippen LogP) is 1.84. The highest BCUT2D eigenvalue weighted by atomic mass is 79.9. The van der Waals surface area contributed by atoms with Crippen molar-refractivity contribution in [2.24, 2.45) is 10.9 Å². The van der Waals surface area contributed by atoms with Crippen molar-refractivity contribution in [3.8, 4) is 0 Å². The average Bonchev–Trinajstić information content (AvgIpc) is 2.34. The largest absolute Gasteiger partial charge is 0.409 e. The van der Waals surface area contributed by atoms with Crippen LogP contribution < -0.4 is 11.1 Å². The van der Waals surface area contributed by atoms with Crippen LogP contribution in [0.1, 0.15) is 23.7 Å². The van der Waals surface area contributed by atoms with Crippen molar-refractivity contribution in [2.75, 3.05) is 0 Å². The number of nitrogens with two attached hydrogens (primary N) is 1. The van der Waals surface area contributed by atoms with Crippen LogP contribution in [0.3, 0.4) is 0 Å². The Kier molecular flexibility index (Phi) is 5.08. The molecule has 0 aromatic heterocycles. The number of carbonyl (C=O) groups is 1. The summed E-state index contributed by atoms with van der Waals surface area (Å²) in [5.74, 6) is -1.38. The Morgan fingerprint density at radius 1 is 1.67 bits per heavy atom. The quantitative estimate of drug-likeness (QED) is 0.343. The molecule has 0 heterocycles. The highest BCUT2D eigenvalue weighted by molar-refractivity contribution is 9.10. The molecule has 1 unspecified atom stereocenters. The SMILES string of the molecule is CCC(NC(=O)c1ccc(Br)cc1F)/C(N)=N/O. The van der Waals surface area contributed by atoms with Crippen molar-refractivity contribution in [3.63, 3.8) is 0 Å².